The van der Waals surface area contributed by atoms with Crippen molar-refractivity contribution in [3.63, 3.8) is 0 Å². The van der Waals surface area contributed by atoms with Crippen LogP contribution in [0.1, 0.15) is 43.0 Å². The molecule has 0 bridgehead atoms. The fraction of sp³-hybridized carbons (Fsp3) is 0.450. The molecule has 1 aromatic heterocycles. The van der Waals surface area contributed by atoms with Crippen LogP contribution in [0, 0.1) is 11.8 Å². The molecule has 2 aliphatic rings. The van der Waals surface area contributed by atoms with Crippen molar-refractivity contribution in [1.29, 1.82) is 0 Å². The second kappa shape index (κ2) is 7.19. The van der Waals surface area contributed by atoms with Crippen LogP contribution >= 0.6 is 11.3 Å². The number of rotatable bonds is 4. The summed E-state index contributed by atoms with van der Waals surface area (Å²) in [5, 5.41) is 13.3. The fourth-order valence-electron chi connectivity index (χ4n) is 4.07. The van der Waals surface area contributed by atoms with Gasteiger partial charge in [-0.25, -0.2) is 4.98 Å². The van der Waals surface area contributed by atoms with E-state index in [1.807, 2.05) is 18.2 Å². The third-order valence-corrected chi connectivity index (χ3v) is 6.69. The van der Waals surface area contributed by atoms with E-state index in [1.165, 1.54) is 0 Å². The van der Waals surface area contributed by atoms with E-state index in [2.05, 4.69) is 23.5 Å². The van der Waals surface area contributed by atoms with Gasteiger partial charge in [-0.15, -0.1) is 11.3 Å². The van der Waals surface area contributed by atoms with Crippen LogP contribution in [0.4, 0.5) is 0 Å². The number of carboxylic acids is 1. The van der Waals surface area contributed by atoms with E-state index in [1.54, 1.807) is 11.3 Å². The van der Waals surface area contributed by atoms with Gasteiger partial charge in [0, 0.05) is 12.0 Å². The van der Waals surface area contributed by atoms with E-state index in [0.717, 1.165) is 28.1 Å². The number of nitrogens with one attached hydrogen (secondary N) is 1. The Kier molecular flexibility index (Phi) is 4.76. The SMILES string of the molecule is O=C(N[C@@H]1CC[C@H](C(=O)O)C1)C1CC=CCC1c1nc2ccccc2s1. The Morgan fingerprint density at radius 1 is 1.15 bits per heavy atom. The van der Waals surface area contributed by atoms with Crippen LogP contribution in [0.25, 0.3) is 10.2 Å². The Labute approximate surface area is 156 Å². The smallest absolute Gasteiger partial charge is 0.306 e. The lowest BCUT2D eigenvalue weighted by Crippen LogP contribution is -2.40. The number of carbonyl (C=O) groups excluding carboxylic acids is 1. The van der Waals surface area contributed by atoms with Crippen molar-refractivity contribution in [3.05, 3.63) is 41.4 Å². The number of aliphatic carboxylic acids is 1. The Hall–Kier alpha value is -2.21. The highest BCUT2D eigenvalue weighted by Gasteiger charge is 2.36. The summed E-state index contributed by atoms with van der Waals surface area (Å²) >= 11 is 1.67. The summed E-state index contributed by atoms with van der Waals surface area (Å²) in [6.07, 6.45) is 7.67. The summed E-state index contributed by atoms with van der Waals surface area (Å²) in [5.74, 6) is -1.09. The van der Waals surface area contributed by atoms with Crippen molar-refractivity contribution in [1.82, 2.24) is 10.3 Å². The first-order valence-corrected chi connectivity index (χ1v) is 9.97. The van der Waals surface area contributed by atoms with Crippen LogP contribution in [-0.4, -0.2) is 28.0 Å². The first-order chi connectivity index (χ1) is 12.6. The standard InChI is InChI=1S/C20H22N2O3S/c23-18(21-13-10-9-12(11-13)20(24)25)14-5-1-2-6-15(14)19-22-16-7-3-4-8-17(16)26-19/h1-4,7-8,12-15H,5-6,9-11H2,(H,21,23)(H,24,25)/t12-,13+,14?,15?/m0/s1. The van der Waals surface area contributed by atoms with Crippen molar-refractivity contribution in [2.45, 2.75) is 44.1 Å². The molecule has 2 aromatic rings. The molecule has 0 radical (unpaired) electrons. The molecule has 0 saturated heterocycles. The van der Waals surface area contributed by atoms with Gasteiger partial charge < -0.3 is 10.4 Å². The third-order valence-electron chi connectivity index (χ3n) is 5.53. The van der Waals surface area contributed by atoms with Crippen LogP contribution in [-0.2, 0) is 9.59 Å². The number of para-hydroxylation sites is 1. The molecule has 4 rings (SSSR count). The van der Waals surface area contributed by atoms with E-state index < -0.39 is 5.97 Å². The molecule has 1 aromatic carbocycles. The largest absolute Gasteiger partial charge is 0.481 e. The number of fused-ring (bicyclic) bond motifs is 1. The molecule has 6 heteroatoms. The first kappa shape index (κ1) is 17.2. The molecule has 2 N–H and O–H groups in total. The number of thiazole rings is 1. The van der Waals surface area contributed by atoms with Crippen LogP contribution in [0.3, 0.4) is 0 Å². The highest BCUT2D eigenvalue weighted by atomic mass is 32.1. The summed E-state index contributed by atoms with van der Waals surface area (Å²) in [6.45, 7) is 0. The normalized spacial score (nSPS) is 28.3. The van der Waals surface area contributed by atoms with Gasteiger partial charge in [-0.05, 0) is 44.2 Å². The molecule has 2 unspecified atom stereocenters. The molecule has 1 saturated carbocycles. The van der Waals surface area contributed by atoms with Crippen LogP contribution in [0.15, 0.2) is 36.4 Å². The predicted octanol–water partition coefficient (Wildman–Crippen LogP) is 3.72. The number of amides is 1. The van der Waals surface area contributed by atoms with Gasteiger partial charge in [-0.2, -0.15) is 0 Å². The van der Waals surface area contributed by atoms with Gasteiger partial charge in [-0.3, -0.25) is 9.59 Å². The summed E-state index contributed by atoms with van der Waals surface area (Å²) in [6, 6.07) is 8.04. The molecule has 5 nitrogen and oxygen atoms in total. The molecule has 1 fully saturated rings. The number of carbonyl (C=O) groups is 2. The monoisotopic (exact) mass is 370 g/mol. The summed E-state index contributed by atoms with van der Waals surface area (Å²) < 4.78 is 1.15. The topological polar surface area (TPSA) is 79.3 Å². The number of aromatic nitrogens is 1. The minimum atomic E-state index is -0.755. The average Bonchev–Trinajstić information content (AvgIpc) is 3.28. The summed E-state index contributed by atoms with van der Waals surface area (Å²) in [7, 11) is 0. The number of nitrogens with zero attached hydrogens (tertiary/aromatic N) is 1. The summed E-state index contributed by atoms with van der Waals surface area (Å²) in [4.78, 5) is 28.8. The maximum atomic E-state index is 12.9. The lowest BCUT2D eigenvalue weighted by molar-refractivity contribution is -0.141. The number of benzene rings is 1. The molecular formula is C20H22N2O3S. The van der Waals surface area contributed by atoms with Crippen molar-refractivity contribution in [3.8, 4) is 0 Å². The molecule has 4 atom stereocenters. The fourth-order valence-corrected chi connectivity index (χ4v) is 5.22. The van der Waals surface area contributed by atoms with E-state index in [-0.39, 0.29) is 29.7 Å². The minimum Gasteiger partial charge on any atom is -0.481 e. The number of hydrogen-bond donors (Lipinski definition) is 2. The van der Waals surface area contributed by atoms with Crippen LogP contribution in [0.2, 0.25) is 0 Å². The third kappa shape index (κ3) is 3.38. The van der Waals surface area contributed by atoms with Crippen molar-refractivity contribution >= 4 is 33.4 Å². The van der Waals surface area contributed by atoms with Crippen molar-refractivity contribution in [2.75, 3.05) is 0 Å². The number of allylic oxidation sites excluding steroid dienone is 2. The Morgan fingerprint density at radius 3 is 2.73 bits per heavy atom. The molecule has 1 heterocycles. The van der Waals surface area contributed by atoms with Crippen molar-refractivity contribution < 1.29 is 14.7 Å². The highest BCUT2D eigenvalue weighted by Crippen LogP contribution is 2.39. The molecular weight excluding hydrogens is 348 g/mol. The zero-order valence-electron chi connectivity index (χ0n) is 14.4. The van der Waals surface area contributed by atoms with E-state index in [0.29, 0.717) is 19.3 Å². The summed E-state index contributed by atoms with van der Waals surface area (Å²) in [5.41, 5.74) is 0.987. The van der Waals surface area contributed by atoms with Gasteiger partial charge in [-0.1, -0.05) is 24.3 Å². The zero-order valence-corrected chi connectivity index (χ0v) is 15.2. The molecule has 26 heavy (non-hydrogen) atoms. The molecule has 0 spiro atoms. The Morgan fingerprint density at radius 2 is 1.96 bits per heavy atom. The molecule has 0 aliphatic heterocycles. The maximum Gasteiger partial charge on any atom is 0.306 e. The second-order valence-electron chi connectivity index (χ2n) is 7.23. The number of carboxylic acid groups (broad SMARTS) is 1. The predicted molar refractivity (Wildman–Crippen MR) is 101 cm³/mol. The Balaban J connectivity index is 1.49. The van der Waals surface area contributed by atoms with Crippen LogP contribution in [0.5, 0.6) is 0 Å². The van der Waals surface area contributed by atoms with Crippen LogP contribution < -0.4 is 5.32 Å². The van der Waals surface area contributed by atoms with E-state index >= 15 is 0 Å². The van der Waals surface area contributed by atoms with Gasteiger partial charge in [0.25, 0.3) is 0 Å². The second-order valence-corrected chi connectivity index (χ2v) is 8.29. The number of hydrogen-bond acceptors (Lipinski definition) is 4. The van der Waals surface area contributed by atoms with Gasteiger partial charge in [0.15, 0.2) is 0 Å². The van der Waals surface area contributed by atoms with Crippen molar-refractivity contribution in [2.24, 2.45) is 11.8 Å². The van der Waals surface area contributed by atoms with Gasteiger partial charge >= 0.3 is 5.97 Å². The first-order valence-electron chi connectivity index (χ1n) is 9.15. The minimum absolute atomic E-state index is 0.0227. The maximum absolute atomic E-state index is 12.9. The highest BCUT2D eigenvalue weighted by molar-refractivity contribution is 7.18. The van der Waals surface area contributed by atoms with Gasteiger partial charge in [0.2, 0.25) is 5.91 Å². The Bertz CT molecular complexity index is 827. The lowest BCUT2D eigenvalue weighted by Gasteiger charge is -2.27. The van der Waals surface area contributed by atoms with Gasteiger partial charge in [0.1, 0.15) is 0 Å². The van der Waals surface area contributed by atoms with Gasteiger partial charge in [0.05, 0.1) is 27.1 Å². The van der Waals surface area contributed by atoms with E-state index in [4.69, 9.17) is 10.1 Å². The average molecular weight is 370 g/mol. The van der Waals surface area contributed by atoms with E-state index in [9.17, 15) is 9.59 Å². The molecule has 136 valence electrons. The quantitative estimate of drug-likeness (QED) is 0.804. The lowest BCUT2D eigenvalue weighted by atomic mass is 9.82. The molecule has 1 amide bonds. The molecule has 2 aliphatic carbocycles. The zero-order chi connectivity index (χ0) is 18.1.